The van der Waals surface area contributed by atoms with Crippen LogP contribution in [0.5, 0.6) is 0 Å². The smallest absolute Gasteiger partial charge is 0.292 e. The van der Waals surface area contributed by atoms with E-state index in [4.69, 9.17) is 5.73 Å². The van der Waals surface area contributed by atoms with Gasteiger partial charge in [0.05, 0.1) is 16.1 Å². The minimum Gasteiger partial charge on any atom is -0.393 e. The van der Waals surface area contributed by atoms with E-state index in [1.807, 2.05) is 0 Å². The molecule has 1 fully saturated rings. The first kappa shape index (κ1) is 15.2. The van der Waals surface area contributed by atoms with Gasteiger partial charge in [0.15, 0.2) is 0 Å². The SMILES string of the molecule is CC1(O)CCCN(C(=O)c2cccc([N+](=O)[O-])c2N)CC1. The quantitative estimate of drug-likeness (QED) is 0.488. The number of carbonyl (C=O) groups excluding carboxylic acids is 1. The number of carbonyl (C=O) groups is 1. The Bertz CT molecular complexity index is 571. The number of para-hydroxylation sites is 1. The molecule has 3 N–H and O–H groups in total. The number of aliphatic hydroxyl groups is 1. The highest BCUT2D eigenvalue weighted by Gasteiger charge is 2.29. The molecule has 0 aromatic heterocycles. The summed E-state index contributed by atoms with van der Waals surface area (Å²) in [4.78, 5) is 24.4. The van der Waals surface area contributed by atoms with Gasteiger partial charge in [-0.1, -0.05) is 6.07 Å². The minimum absolute atomic E-state index is 0.108. The minimum atomic E-state index is -0.775. The lowest BCUT2D eigenvalue weighted by Gasteiger charge is -2.23. The summed E-state index contributed by atoms with van der Waals surface area (Å²) in [5.74, 6) is -0.325. The van der Waals surface area contributed by atoms with Crippen LogP contribution < -0.4 is 5.73 Å². The normalized spacial score (nSPS) is 22.7. The molecule has 21 heavy (non-hydrogen) atoms. The average Bonchev–Trinajstić information content (AvgIpc) is 2.59. The number of anilines is 1. The molecule has 0 saturated carbocycles. The number of nitro groups is 1. The fourth-order valence-corrected chi connectivity index (χ4v) is 2.54. The van der Waals surface area contributed by atoms with Gasteiger partial charge >= 0.3 is 0 Å². The number of rotatable bonds is 2. The number of nitro benzene ring substituents is 1. The Balaban J connectivity index is 2.24. The number of nitrogens with zero attached hydrogens (tertiary/aromatic N) is 2. The predicted molar refractivity (Wildman–Crippen MR) is 77.9 cm³/mol. The third-order valence-corrected chi connectivity index (χ3v) is 3.86. The molecule has 0 radical (unpaired) electrons. The molecule has 1 aliphatic heterocycles. The first-order valence-corrected chi connectivity index (χ1v) is 6.86. The third kappa shape index (κ3) is 3.30. The van der Waals surface area contributed by atoms with Crippen molar-refractivity contribution in [1.82, 2.24) is 4.90 Å². The van der Waals surface area contributed by atoms with E-state index in [9.17, 15) is 20.0 Å². The Hall–Kier alpha value is -2.15. The van der Waals surface area contributed by atoms with Crippen LogP contribution in [0.1, 0.15) is 36.5 Å². The topological polar surface area (TPSA) is 110 Å². The molecule has 1 aromatic rings. The molecular formula is C14H19N3O4. The van der Waals surface area contributed by atoms with Gasteiger partial charge in [0.2, 0.25) is 0 Å². The zero-order chi connectivity index (χ0) is 15.6. The number of amides is 1. The molecule has 1 unspecified atom stereocenters. The zero-order valence-corrected chi connectivity index (χ0v) is 11.9. The molecule has 1 atom stereocenters. The number of benzene rings is 1. The number of hydrogen-bond donors (Lipinski definition) is 2. The lowest BCUT2D eigenvalue weighted by Crippen LogP contribution is -2.34. The van der Waals surface area contributed by atoms with Gasteiger partial charge in [0, 0.05) is 19.2 Å². The van der Waals surface area contributed by atoms with Crippen LogP contribution in [0.2, 0.25) is 0 Å². The highest BCUT2D eigenvalue weighted by Crippen LogP contribution is 2.28. The van der Waals surface area contributed by atoms with E-state index in [1.54, 1.807) is 11.8 Å². The number of nitrogens with two attached hydrogens (primary N) is 1. The van der Waals surface area contributed by atoms with Gasteiger partial charge in [0.1, 0.15) is 5.69 Å². The monoisotopic (exact) mass is 293 g/mol. The summed E-state index contributed by atoms with van der Waals surface area (Å²) >= 11 is 0. The van der Waals surface area contributed by atoms with Crippen molar-refractivity contribution in [3.8, 4) is 0 Å². The largest absolute Gasteiger partial charge is 0.393 e. The average molecular weight is 293 g/mol. The van der Waals surface area contributed by atoms with Gasteiger partial charge in [-0.2, -0.15) is 0 Å². The molecule has 0 spiro atoms. The van der Waals surface area contributed by atoms with E-state index >= 15 is 0 Å². The maximum atomic E-state index is 12.5. The van der Waals surface area contributed by atoms with E-state index in [2.05, 4.69) is 0 Å². The van der Waals surface area contributed by atoms with E-state index in [1.165, 1.54) is 18.2 Å². The van der Waals surface area contributed by atoms with Crippen molar-refractivity contribution in [3.63, 3.8) is 0 Å². The second-order valence-electron chi connectivity index (χ2n) is 5.64. The summed E-state index contributed by atoms with van der Waals surface area (Å²) in [6.45, 7) is 2.67. The maximum Gasteiger partial charge on any atom is 0.292 e. The lowest BCUT2D eigenvalue weighted by molar-refractivity contribution is -0.383. The summed E-state index contributed by atoms with van der Waals surface area (Å²) in [5, 5.41) is 20.9. The van der Waals surface area contributed by atoms with Crippen molar-refractivity contribution in [2.75, 3.05) is 18.8 Å². The number of nitrogen functional groups attached to an aromatic ring is 1. The summed E-state index contributed by atoms with van der Waals surface area (Å²) in [5.41, 5.74) is 4.75. The summed E-state index contributed by atoms with van der Waals surface area (Å²) in [7, 11) is 0. The molecule has 7 nitrogen and oxygen atoms in total. The predicted octanol–water partition coefficient (Wildman–Crippen LogP) is 1.55. The Morgan fingerprint density at radius 3 is 2.81 bits per heavy atom. The summed E-state index contributed by atoms with van der Waals surface area (Å²) in [6.07, 6.45) is 1.79. The van der Waals surface area contributed by atoms with Crippen molar-refractivity contribution >= 4 is 17.3 Å². The highest BCUT2D eigenvalue weighted by molar-refractivity contribution is 6.01. The van der Waals surface area contributed by atoms with Crippen LogP contribution in [0, 0.1) is 10.1 Å². The van der Waals surface area contributed by atoms with Gasteiger partial charge < -0.3 is 15.7 Å². The van der Waals surface area contributed by atoms with Crippen LogP contribution in [-0.2, 0) is 0 Å². The Morgan fingerprint density at radius 1 is 1.43 bits per heavy atom. The summed E-state index contributed by atoms with van der Waals surface area (Å²) in [6, 6.07) is 4.22. The van der Waals surface area contributed by atoms with Crippen LogP contribution in [0.3, 0.4) is 0 Å². The molecule has 1 amide bonds. The fraction of sp³-hybridized carbons (Fsp3) is 0.500. The van der Waals surface area contributed by atoms with Crippen molar-refractivity contribution in [2.45, 2.75) is 31.8 Å². The molecule has 2 rings (SSSR count). The fourth-order valence-electron chi connectivity index (χ4n) is 2.54. The maximum absolute atomic E-state index is 12.5. The van der Waals surface area contributed by atoms with Crippen LogP contribution in [0.25, 0.3) is 0 Å². The zero-order valence-electron chi connectivity index (χ0n) is 11.9. The van der Waals surface area contributed by atoms with Gasteiger partial charge in [0.25, 0.3) is 11.6 Å². The molecule has 1 heterocycles. The van der Waals surface area contributed by atoms with Crippen LogP contribution >= 0.6 is 0 Å². The second-order valence-corrected chi connectivity index (χ2v) is 5.64. The highest BCUT2D eigenvalue weighted by atomic mass is 16.6. The molecule has 0 aliphatic carbocycles. The van der Waals surface area contributed by atoms with Gasteiger partial charge in [-0.25, -0.2) is 0 Å². The van der Waals surface area contributed by atoms with Crippen molar-refractivity contribution in [2.24, 2.45) is 0 Å². The summed E-state index contributed by atoms with van der Waals surface area (Å²) < 4.78 is 0. The molecule has 114 valence electrons. The Kier molecular flexibility index (Phi) is 4.13. The second kappa shape index (κ2) is 5.69. The number of hydrogen-bond acceptors (Lipinski definition) is 5. The van der Waals surface area contributed by atoms with Gasteiger partial charge in [-0.3, -0.25) is 14.9 Å². The van der Waals surface area contributed by atoms with E-state index in [0.29, 0.717) is 32.4 Å². The third-order valence-electron chi connectivity index (χ3n) is 3.86. The Morgan fingerprint density at radius 2 is 2.14 bits per heavy atom. The molecular weight excluding hydrogens is 274 g/mol. The van der Waals surface area contributed by atoms with E-state index < -0.39 is 10.5 Å². The van der Waals surface area contributed by atoms with E-state index in [0.717, 1.165) is 0 Å². The van der Waals surface area contributed by atoms with Crippen molar-refractivity contribution < 1.29 is 14.8 Å². The molecule has 0 bridgehead atoms. The van der Waals surface area contributed by atoms with Crippen molar-refractivity contribution in [3.05, 3.63) is 33.9 Å². The lowest BCUT2D eigenvalue weighted by atomic mass is 9.98. The standard InChI is InChI=1S/C14H19N3O4/c1-14(19)6-3-8-16(9-7-14)13(18)10-4-2-5-11(12(10)15)17(20)21/h2,4-5,19H,3,6-9,15H2,1H3. The van der Waals surface area contributed by atoms with Gasteiger partial charge in [-0.05, 0) is 32.3 Å². The van der Waals surface area contributed by atoms with Crippen LogP contribution in [-0.4, -0.2) is 39.5 Å². The first-order chi connectivity index (χ1) is 9.82. The van der Waals surface area contributed by atoms with Crippen LogP contribution in [0.15, 0.2) is 18.2 Å². The molecule has 1 aliphatic rings. The first-order valence-electron chi connectivity index (χ1n) is 6.86. The Labute approximate surface area is 122 Å². The van der Waals surface area contributed by atoms with E-state index in [-0.39, 0.29) is 22.8 Å². The van der Waals surface area contributed by atoms with Crippen LogP contribution in [0.4, 0.5) is 11.4 Å². The number of likely N-dealkylation sites (tertiary alicyclic amines) is 1. The van der Waals surface area contributed by atoms with Gasteiger partial charge in [-0.15, -0.1) is 0 Å². The molecule has 1 saturated heterocycles. The molecule has 1 aromatic carbocycles. The molecule has 7 heteroatoms. The van der Waals surface area contributed by atoms with Crippen molar-refractivity contribution in [1.29, 1.82) is 0 Å².